The summed E-state index contributed by atoms with van der Waals surface area (Å²) < 4.78 is 0. The molecular formula is C16H22N4. The summed E-state index contributed by atoms with van der Waals surface area (Å²) in [4.78, 5) is 11.8. The number of hydrogen-bond acceptors (Lipinski definition) is 4. The minimum Gasteiger partial charge on any atom is -0.354 e. The molecule has 1 N–H and O–H groups in total. The van der Waals surface area contributed by atoms with Crippen LogP contribution in [0, 0.1) is 5.92 Å². The van der Waals surface area contributed by atoms with Crippen molar-refractivity contribution in [2.45, 2.75) is 33.2 Å². The van der Waals surface area contributed by atoms with Crippen molar-refractivity contribution in [3.8, 4) is 0 Å². The van der Waals surface area contributed by atoms with Gasteiger partial charge in [-0.2, -0.15) is 4.98 Å². The second-order valence-electron chi connectivity index (χ2n) is 5.76. The lowest BCUT2D eigenvalue weighted by Crippen LogP contribution is -2.28. The van der Waals surface area contributed by atoms with Crippen LogP contribution in [0.1, 0.15) is 27.2 Å². The Kier molecular flexibility index (Phi) is 3.47. The van der Waals surface area contributed by atoms with Gasteiger partial charge in [-0.25, -0.2) is 4.98 Å². The van der Waals surface area contributed by atoms with E-state index in [1.807, 2.05) is 6.07 Å². The fourth-order valence-electron chi connectivity index (χ4n) is 3.11. The van der Waals surface area contributed by atoms with Crippen LogP contribution in [0.25, 0.3) is 10.9 Å². The van der Waals surface area contributed by atoms with E-state index in [0.29, 0.717) is 6.04 Å². The number of benzene rings is 1. The normalized spacial score (nSPS) is 22.4. The van der Waals surface area contributed by atoms with E-state index >= 15 is 0 Å². The van der Waals surface area contributed by atoms with E-state index in [9.17, 15) is 0 Å². The molecule has 20 heavy (non-hydrogen) atoms. The Morgan fingerprint density at radius 1 is 1.25 bits per heavy atom. The lowest BCUT2D eigenvalue weighted by atomic mass is 10.1. The van der Waals surface area contributed by atoms with Crippen molar-refractivity contribution < 1.29 is 0 Å². The number of nitrogens with zero attached hydrogens (tertiary/aromatic N) is 3. The number of nitrogens with one attached hydrogen (secondary N) is 1. The molecule has 1 aliphatic heterocycles. The zero-order valence-electron chi connectivity index (χ0n) is 12.4. The molecule has 0 aliphatic carbocycles. The van der Waals surface area contributed by atoms with Crippen LogP contribution in [0.15, 0.2) is 24.3 Å². The maximum Gasteiger partial charge on any atom is 0.225 e. The van der Waals surface area contributed by atoms with Gasteiger partial charge in [0.2, 0.25) is 5.95 Å². The van der Waals surface area contributed by atoms with Crippen molar-refractivity contribution in [3.63, 3.8) is 0 Å². The SMILES string of the molecule is CCNc1nc(N2CC(C)CC2C)c2ccccc2n1. The highest BCUT2D eigenvalue weighted by atomic mass is 15.3. The summed E-state index contributed by atoms with van der Waals surface area (Å²) in [5, 5.41) is 4.39. The molecule has 4 heteroatoms. The zero-order chi connectivity index (χ0) is 14.1. The van der Waals surface area contributed by atoms with Gasteiger partial charge in [-0.05, 0) is 38.3 Å². The van der Waals surface area contributed by atoms with Crippen LogP contribution in [0.3, 0.4) is 0 Å². The molecule has 1 aliphatic rings. The number of hydrogen-bond donors (Lipinski definition) is 1. The Labute approximate surface area is 120 Å². The van der Waals surface area contributed by atoms with Crippen molar-refractivity contribution in [2.75, 3.05) is 23.3 Å². The van der Waals surface area contributed by atoms with Crippen LogP contribution in [-0.2, 0) is 0 Å². The summed E-state index contributed by atoms with van der Waals surface area (Å²) in [6.07, 6.45) is 1.23. The van der Waals surface area contributed by atoms with Gasteiger partial charge in [-0.3, -0.25) is 0 Å². The molecule has 0 spiro atoms. The van der Waals surface area contributed by atoms with Crippen LogP contribution in [0.5, 0.6) is 0 Å². The smallest absolute Gasteiger partial charge is 0.225 e. The van der Waals surface area contributed by atoms with Crippen molar-refractivity contribution >= 4 is 22.7 Å². The van der Waals surface area contributed by atoms with E-state index < -0.39 is 0 Å². The molecule has 4 nitrogen and oxygen atoms in total. The van der Waals surface area contributed by atoms with Crippen LogP contribution in [-0.4, -0.2) is 29.1 Å². The topological polar surface area (TPSA) is 41.1 Å². The van der Waals surface area contributed by atoms with Crippen LogP contribution < -0.4 is 10.2 Å². The average molecular weight is 270 g/mol. The summed E-state index contributed by atoms with van der Waals surface area (Å²) >= 11 is 0. The molecule has 1 fully saturated rings. The molecule has 0 bridgehead atoms. The molecule has 2 unspecified atom stereocenters. The number of para-hydroxylation sites is 1. The van der Waals surface area contributed by atoms with Gasteiger partial charge >= 0.3 is 0 Å². The Morgan fingerprint density at radius 2 is 2.05 bits per heavy atom. The lowest BCUT2D eigenvalue weighted by Gasteiger charge is -2.24. The van der Waals surface area contributed by atoms with Crippen molar-refractivity contribution in [1.82, 2.24) is 9.97 Å². The van der Waals surface area contributed by atoms with Crippen molar-refractivity contribution in [2.24, 2.45) is 5.92 Å². The van der Waals surface area contributed by atoms with E-state index in [4.69, 9.17) is 4.98 Å². The van der Waals surface area contributed by atoms with Crippen molar-refractivity contribution in [1.29, 1.82) is 0 Å². The number of fused-ring (bicyclic) bond motifs is 1. The van der Waals surface area contributed by atoms with E-state index in [1.54, 1.807) is 0 Å². The molecule has 0 saturated carbocycles. The van der Waals surface area contributed by atoms with Gasteiger partial charge in [-0.1, -0.05) is 19.1 Å². The molecule has 106 valence electrons. The summed E-state index contributed by atoms with van der Waals surface area (Å²) in [6.45, 7) is 8.58. The Balaban J connectivity index is 2.12. The molecule has 1 aromatic carbocycles. The number of rotatable bonds is 3. The lowest BCUT2D eigenvalue weighted by molar-refractivity contribution is 0.625. The summed E-state index contributed by atoms with van der Waals surface area (Å²) in [5.74, 6) is 2.53. The largest absolute Gasteiger partial charge is 0.354 e. The van der Waals surface area contributed by atoms with Gasteiger partial charge in [0.15, 0.2) is 0 Å². The monoisotopic (exact) mass is 270 g/mol. The van der Waals surface area contributed by atoms with Gasteiger partial charge in [0.1, 0.15) is 5.82 Å². The number of aromatic nitrogens is 2. The van der Waals surface area contributed by atoms with Crippen LogP contribution in [0.4, 0.5) is 11.8 Å². The fraction of sp³-hybridized carbons (Fsp3) is 0.500. The zero-order valence-corrected chi connectivity index (χ0v) is 12.4. The van der Waals surface area contributed by atoms with Crippen LogP contribution in [0.2, 0.25) is 0 Å². The first-order chi connectivity index (χ1) is 9.69. The molecular weight excluding hydrogens is 248 g/mol. The molecule has 0 amide bonds. The molecule has 0 radical (unpaired) electrons. The first kappa shape index (κ1) is 13.2. The minimum atomic E-state index is 0.540. The highest BCUT2D eigenvalue weighted by Crippen LogP contribution is 2.32. The first-order valence-corrected chi connectivity index (χ1v) is 7.46. The highest BCUT2D eigenvalue weighted by Gasteiger charge is 2.28. The third-order valence-electron chi connectivity index (χ3n) is 3.97. The third-order valence-corrected chi connectivity index (χ3v) is 3.97. The minimum absolute atomic E-state index is 0.540. The predicted molar refractivity (Wildman–Crippen MR) is 84.3 cm³/mol. The second-order valence-corrected chi connectivity index (χ2v) is 5.76. The molecule has 2 atom stereocenters. The Morgan fingerprint density at radius 3 is 2.75 bits per heavy atom. The standard InChI is InChI=1S/C16H22N4/c1-4-17-16-18-14-8-6-5-7-13(14)15(19-16)20-10-11(2)9-12(20)3/h5-8,11-12H,4,9-10H2,1-3H3,(H,17,18,19). The van der Waals surface area contributed by atoms with E-state index in [0.717, 1.165) is 41.7 Å². The van der Waals surface area contributed by atoms with Gasteiger partial charge in [0, 0.05) is 24.5 Å². The van der Waals surface area contributed by atoms with E-state index in [2.05, 4.69) is 54.2 Å². The quantitative estimate of drug-likeness (QED) is 0.929. The maximum atomic E-state index is 4.76. The number of anilines is 2. The summed E-state index contributed by atoms with van der Waals surface area (Å²) in [7, 11) is 0. The summed E-state index contributed by atoms with van der Waals surface area (Å²) in [5.41, 5.74) is 1.01. The van der Waals surface area contributed by atoms with Crippen molar-refractivity contribution in [3.05, 3.63) is 24.3 Å². The van der Waals surface area contributed by atoms with E-state index in [-0.39, 0.29) is 0 Å². The Bertz CT molecular complexity index is 610. The van der Waals surface area contributed by atoms with Gasteiger partial charge in [-0.15, -0.1) is 0 Å². The molecule has 2 aromatic rings. The van der Waals surface area contributed by atoms with Crippen LogP contribution >= 0.6 is 0 Å². The summed E-state index contributed by atoms with van der Waals surface area (Å²) in [6, 6.07) is 8.82. The average Bonchev–Trinajstić information content (AvgIpc) is 2.77. The molecule has 1 aromatic heterocycles. The fourth-order valence-corrected chi connectivity index (χ4v) is 3.11. The third kappa shape index (κ3) is 2.30. The van der Waals surface area contributed by atoms with Gasteiger partial charge < -0.3 is 10.2 Å². The van der Waals surface area contributed by atoms with Gasteiger partial charge in [0.05, 0.1) is 5.52 Å². The molecule has 2 heterocycles. The highest BCUT2D eigenvalue weighted by molar-refractivity contribution is 5.90. The van der Waals surface area contributed by atoms with E-state index in [1.165, 1.54) is 6.42 Å². The Hall–Kier alpha value is -1.84. The van der Waals surface area contributed by atoms with Gasteiger partial charge in [0.25, 0.3) is 0 Å². The molecule has 3 rings (SSSR count). The predicted octanol–water partition coefficient (Wildman–Crippen LogP) is 3.30. The maximum absolute atomic E-state index is 4.76. The molecule has 1 saturated heterocycles. The first-order valence-electron chi connectivity index (χ1n) is 7.46. The second kappa shape index (κ2) is 5.27.